The molecule has 1 N–H and O–H groups in total. The van der Waals surface area contributed by atoms with Crippen molar-refractivity contribution >= 4 is 38.9 Å². The summed E-state index contributed by atoms with van der Waals surface area (Å²) < 4.78 is 25.6. The molecule has 7 heteroatoms. The third kappa shape index (κ3) is 6.26. The smallest absolute Gasteiger partial charge is 0.232 e. The molecule has 5 nitrogen and oxygen atoms in total. The Kier molecular flexibility index (Phi) is 7.27. The SMILES string of the molecule is CCc1ccc(N(CCCC(=O)Nc2cc(Cl)ccc2C)S(C)(=O)=O)cc1. The Bertz CT molecular complexity index is 896. The Labute approximate surface area is 166 Å². The van der Waals surface area contributed by atoms with Crippen molar-refractivity contribution in [2.24, 2.45) is 0 Å². The standard InChI is InChI=1S/C20H25ClN2O3S/c1-4-16-8-11-18(12-9-16)23(27(3,25)26)13-5-6-20(24)22-19-14-17(21)10-7-15(19)2/h7-12,14H,4-6,13H2,1-3H3,(H,22,24). The van der Waals surface area contributed by atoms with E-state index in [1.54, 1.807) is 24.3 Å². The van der Waals surface area contributed by atoms with Crippen molar-refractivity contribution in [1.82, 2.24) is 0 Å². The Balaban J connectivity index is 1.98. The van der Waals surface area contributed by atoms with E-state index < -0.39 is 10.0 Å². The number of benzene rings is 2. The highest BCUT2D eigenvalue weighted by Gasteiger charge is 2.17. The number of rotatable bonds is 8. The van der Waals surface area contributed by atoms with Crippen molar-refractivity contribution in [3.05, 3.63) is 58.6 Å². The first kappa shape index (κ1) is 21.3. The third-order valence-electron chi connectivity index (χ3n) is 4.27. The fraction of sp³-hybridized carbons (Fsp3) is 0.350. The summed E-state index contributed by atoms with van der Waals surface area (Å²) in [5.41, 5.74) is 3.34. The number of nitrogens with zero attached hydrogens (tertiary/aromatic N) is 1. The summed E-state index contributed by atoms with van der Waals surface area (Å²) in [5, 5.41) is 3.38. The van der Waals surface area contributed by atoms with Crippen LogP contribution in [0.3, 0.4) is 0 Å². The Hall–Kier alpha value is -2.05. The van der Waals surface area contributed by atoms with Gasteiger partial charge < -0.3 is 5.32 Å². The summed E-state index contributed by atoms with van der Waals surface area (Å²) in [6.45, 7) is 4.17. The summed E-state index contributed by atoms with van der Waals surface area (Å²) in [7, 11) is -3.42. The average Bonchev–Trinajstić information content (AvgIpc) is 2.61. The molecule has 0 aliphatic heterocycles. The lowest BCUT2D eigenvalue weighted by Crippen LogP contribution is -2.31. The number of hydrogen-bond donors (Lipinski definition) is 1. The lowest BCUT2D eigenvalue weighted by molar-refractivity contribution is -0.116. The second-order valence-corrected chi connectivity index (χ2v) is 8.81. The van der Waals surface area contributed by atoms with E-state index in [0.717, 1.165) is 17.5 Å². The van der Waals surface area contributed by atoms with E-state index in [4.69, 9.17) is 11.6 Å². The fourth-order valence-corrected chi connectivity index (χ4v) is 3.85. The van der Waals surface area contributed by atoms with Crippen molar-refractivity contribution < 1.29 is 13.2 Å². The molecule has 2 rings (SSSR count). The van der Waals surface area contributed by atoms with E-state index in [1.807, 2.05) is 32.0 Å². The summed E-state index contributed by atoms with van der Waals surface area (Å²) in [4.78, 5) is 12.2. The van der Waals surface area contributed by atoms with Crippen molar-refractivity contribution in [2.75, 3.05) is 22.4 Å². The minimum atomic E-state index is -3.42. The first-order chi connectivity index (χ1) is 12.7. The molecule has 0 radical (unpaired) electrons. The quantitative estimate of drug-likeness (QED) is 0.704. The summed E-state index contributed by atoms with van der Waals surface area (Å²) >= 11 is 5.96. The largest absolute Gasteiger partial charge is 0.326 e. The molecule has 146 valence electrons. The van der Waals surface area contributed by atoms with E-state index in [9.17, 15) is 13.2 Å². The summed E-state index contributed by atoms with van der Waals surface area (Å²) in [5.74, 6) is -0.171. The number of amides is 1. The van der Waals surface area contributed by atoms with Gasteiger partial charge in [-0.2, -0.15) is 0 Å². The second kappa shape index (κ2) is 9.24. The van der Waals surface area contributed by atoms with Gasteiger partial charge in [-0.25, -0.2) is 8.42 Å². The van der Waals surface area contributed by atoms with Crippen LogP contribution in [0.2, 0.25) is 5.02 Å². The van der Waals surface area contributed by atoms with Crippen LogP contribution in [-0.2, 0) is 21.2 Å². The van der Waals surface area contributed by atoms with Gasteiger partial charge in [-0.1, -0.05) is 36.7 Å². The highest BCUT2D eigenvalue weighted by molar-refractivity contribution is 7.92. The maximum atomic E-state index is 12.2. The van der Waals surface area contributed by atoms with E-state index >= 15 is 0 Å². The highest BCUT2D eigenvalue weighted by Crippen LogP contribution is 2.21. The number of carbonyl (C=O) groups excluding carboxylic acids is 1. The van der Waals surface area contributed by atoms with Gasteiger partial charge in [0.25, 0.3) is 0 Å². The third-order valence-corrected chi connectivity index (χ3v) is 5.70. The molecule has 2 aromatic carbocycles. The number of hydrogen-bond acceptors (Lipinski definition) is 3. The number of sulfonamides is 1. The first-order valence-corrected chi connectivity index (χ1v) is 11.1. The highest BCUT2D eigenvalue weighted by atomic mass is 35.5. The molecule has 0 aliphatic rings. The van der Waals surface area contributed by atoms with Gasteiger partial charge in [0, 0.05) is 23.7 Å². The molecule has 0 bridgehead atoms. The zero-order chi connectivity index (χ0) is 20.0. The molecule has 1 amide bonds. The fourth-order valence-electron chi connectivity index (χ4n) is 2.71. The molecular weight excluding hydrogens is 384 g/mol. The first-order valence-electron chi connectivity index (χ1n) is 8.83. The van der Waals surface area contributed by atoms with Gasteiger partial charge in [0.2, 0.25) is 15.9 Å². The predicted octanol–water partition coefficient (Wildman–Crippen LogP) is 4.40. The van der Waals surface area contributed by atoms with Crippen molar-refractivity contribution in [1.29, 1.82) is 0 Å². The molecular formula is C20H25ClN2O3S. The van der Waals surface area contributed by atoms with Crippen LogP contribution in [0, 0.1) is 6.92 Å². The number of nitrogens with one attached hydrogen (secondary N) is 1. The number of halogens is 1. The van der Waals surface area contributed by atoms with Gasteiger partial charge in [0.05, 0.1) is 11.9 Å². The van der Waals surface area contributed by atoms with Crippen molar-refractivity contribution in [3.63, 3.8) is 0 Å². The van der Waals surface area contributed by atoms with E-state index in [1.165, 1.54) is 10.6 Å². The van der Waals surface area contributed by atoms with E-state index in [2.05, 4.69) is 5.32 Å². The molecule has 0 unspecified atom stereocenters. The number of carbonyl (C=O) groups is 1. The minimum Gasteiger partial charge on any atom is -0.326 e. The lowest BCUT2D eigenvalue weighted by atomic mass is 10.1. The van der Waals surface area contributed by atoms with Gasteiger partial charge in [0.15, 0.2) is 0 Å². The van der Waals surface area contributed by atoms with Crippen LogP contribution < -0.4 is 9.62 Å². The Morgan fingerprint density at radius 1 is 1.15 bits per heavy atom. The van der Waals surface area contributed by atoms with Crippen LogP contribution in [-0.4, -0.2) is 27.1 Å². The maximum absolute atomic E-state index is 12.2. The van der Waals surface area contributed by atoms with Crippen LogP contribution in [0.25, 0.3) is 0 Å². The number of aryl methyl sites for hydroxylation is 2. The molecule has 0 fully saturated rings. The maximum Gasteiger partial charge on any atom is 0.232 e. The van der Waals surface area contributed by atoms with Crippen LogP contribution in [0.5, 0.6) is 0 Å². The van der Waals surface area contributed by atoms with Gasteiger partial charge in [-0.05, 0) is 55.2 Å². The van der Waals surface area contributed by atoms with Gasteiger partial charge in [0.1, 0.15) is 0 Å². The average molecular weight is 409 g/mol. The summed E-state index contributed by atoms with van der Waals surface area (Å²) in [6.07, 6.45) is 2.69. The molecule has 0 heterocycles. The number of anilines is 2. The summed E-state index contributed by atoms with van der Waals surface area (Å²) in [6, 6.07) is 12.7. The minimum absolute atomic E-state index is 0.171. The molecule has 0 spiro atoms. The zero-order valence-corrected chi connectivity index (χ0v) is 17.4. The van der Waals surface area contributed by atoms with Gasteiger partial charge in [-0.15, -0.1) is 0 Å². The molecule has 0 aromatic heterocycles. The van der Waals surface area contributed by atoms with Crippen LogP contribution in [0.4, 0.5) is 11.4 Å². The zero-order valence-electron chi connectivity index (χ0n) is 15.8. The topological polar surface area (TPSA) is 66.5 Å². The van der Waals surface area contributed by atoms with E-state index in [-0.39, 0.29) is 18.9 Å². The van der Waals surface area contributed by atoms with Crippen LogP contribution >= 0.6 is 11.6 Å². The Morgan fingerprint density at radius 3 is 2.41 bits per heavy atom. The van der Waals surface area contributed by atoms with Crippen molar-refractivity contribution in [3.8, 4) is 0 Å². The molecule has 2 aromatic rings. The van der Waals surface area contributed by atoms with Crippen LogP contribution in [0.15, 0.2) is 42.5 Å². The van der Waals surface area contributed by atoms with E-state index in [0.29, 0.717) is 22.8 Å². The van der Waals surface area contributed by atoms with Crippen LogP contribution in [0.1, 0.15) is 30.9 Å². The molecule has 0 saturated carbocycles. The molecule has 0 saturated heterocycles. The molecule has 0 aliphatic carbocycles. The van der Waals surface area contributed by atoms with Gasteiger partial charge >= 0.3 is 0 Å². The lowest BCUT2D eigenvalue weighted by Gasteiger charge is -2.22. The van der Waals surface area contributed by atoms with Crippen molar-refractivity contribution in [2.45, 2.75) is 33.1 Å². The normalized spacial score (nSPS) is 11.3. The second-order valence-electron chi connectivity index (χ2n) is 6.47. The predicted molar refractivity (Wildman–Crippen MR) is 112 cm³/mol. The molecule has 0 atom stereocenters. The molecule has 27 heavy (non-hydrogen) atoms. The Morgan fingerprint density at radius 2 is 1.81 bits per heavy atom. The van der Waals surface area contributed by atoms with Gasteiger partial charge in [-0.3, -0.25) is 9.10 Å². The monoisotopic (exact) mass is 408 g/mol.